The largest absolute Gasteiger partial charge is 0.497 e. The molecular formula is C22H21ClN2O4. The number of carbonyl (C=O) groups excluding carboxylic acids is 1. The SMILES string of the molecule is COc1ccc(OC)c(CN(C(C)=O)c2ccc(Cl)nc2Oc2ccccc2)c1. The molecule has 0 aliphatic carbocycles. The van der Waals surface area contributed by atoms with Gasteiger partial charge in [0.15, 0.2) is 0 Å². The molecule has 0 saturated carbocycles. The zero-order valence-corrected chi connectivity index (χ0v) is 17.1. The average molecular weight is 413 g/mol. The van der Waals surface area contributed by atoms with Crippen LogP contribution in [0.1, 0.15) is 12.5 Å². The van der Waals surface area contributed by atoms with E-state index in [9.17, 15) is 4.79 Å². The average Bonchev–Trinajstić information content (AvgIpc) is 2.73. The predicted octanol–water partition coefficient (Wildman–Crippen LogP) is 5.10. The third-order valence-corrected chi connectivity index (χ3v) is 4.46. The summed E-state index contributed by atoms with van der Waals surface area (Å²) in [6.07, 6.45) is 0. The Morgan fingerprint density at radius 3 is 2.41 bits per heavy atom. The van der Waals surface area contributed by atoms with E-state index in [-0.39, 0.29) is 23.5 Å². The molecule has 0 aliphatic rings. The third-order valence-electron chi connectivity index (χ3n) is 4.25. The third kappa shape index (κ3) is 4.97. The first-order chi connectivity index (χ1) is 14.0. The number of halogens is 1. The van der Waals surface area contributed by atoms with Gasteiger partial charge in [-0.3, -0.25) is 4.79 Å². The lowest BCUT2D eigenvalue weighted by Crippen LogP contribution is -2.28. The highest BCUT2D eigenvalue weighted by Gasteiger charge is 2.21. The van der Waals surface area contributed by atoms with Crippen molar-refractivity contribution in [3.63, 3.8) is 0 Å². The fourth-order valence-corrected chi connectivity index (χ4v) is 2.97. The Morgan fingerprint density at radius 1 is 1.00 bits per heavy atom. The molecule has 150 valence electrons. The highest BCUT2D eigenvalue weighted by molar-refractivity contribution is 6.29. The number of hydrogen-bond acceptors (Lipinski definition) is 5. The van der Waals surface area contributed by atoms with Crippen LogP contribution in [0.2, 0.25) is 5.15 Å². The molecule has 3 rings (SSSR count). The normalized spacial score (nSPS) is 10.3. The highest BCUT2D eigenvalue weighted by atomic mass is 35.5. The molecule has 29 heavy (non-hydrogen) atoms. The lowest BCUT2D eigenvalue weighted by Gasteiger charge is -2.24. The van der Waals surface area contributed by atoms with Crippen LogP contribution in [0, 0.1) is 0 Å². The number of benzene rings is 2. The van der Waals surface area contributed by atoms with Crippen molar-refractivity contribution in [3.8, 4) is 23.1 Å². The minimum Gasteiger partial charge on any atom is -0.497 e. The monoisotopic (exact) mass is 412 g/mol. The van der Waals surface area contributed by atoms with Gasteiger partial charge >= 0.3 is 0 Å². The van der Waals surface area contributed by atoms with E-state index >= 15 is 0 Å². The van der Waals surface area contributed by atoms with Gasteiger partial charge in [0.1, 0.15) is 28.1 Å². The van der Waals surface area contributed by atoms with E-state index in [1.54, 1.807) is 55.5 Å². The Kier molecular flexibility index (Phi) is 6.57. The highest BCUT2D eigenvalue weighted by Crippen LogP contribution is 2.34. The molecule has 0 bridgehead atoms. The summed E-state index contributed by atoms with van der Waals surface area (Å²) in [6, 6.07) is 17.9. The molecule has 1 heterocycles. The van der Waals surface area contributed by atoms with Gasteiger partial charge in [0.2, 0.25) is 11.8 Å². The van der Waals surface area contributed by atoms with E-state index in [4.69, 9.17) is 25.8 Å². The lowest BCUT2D eigenvalue weighted by atomic mass is 10.1. The summed E-state index contributed by atoms with van der Waals surface area (Å²) in [5.41, 5.74) is 1.28. The van der Waals surface area contributed by atoms with E-state index in [0.717, 1.165) is 5.56 Å². The van der Waals surface area contributed by atoms with Crippen molar-refractivity contribution in [3.05, 3.63) is 71.4 Å². The van der Waals surface area contributed by atoms with Crippen LogP contribution in [0.25, 0.3) is 0 Å². The molecule has 0 aliphatic heterocycles. The number of carbonyl (C=O) groups is 1. The molecule has 0 fully saturated rings. The number of rotatable bonds is 7. The summed E-state index contributed by atoms with van der Waals surface area (Å²) >= 11 is 6.08. The molecule has 0 spiro atoms. The van der Waals surface area contributed by atoms with Gasteiger partial charge in [0.25, 0.3) is 0 Å². The summed E-state index contributed by atoms with van der Waals surface area (Å²) in [4.78, 5) is 18.4. The van der Waals surface area contributed by atoms with Gasteiger partial charge in [-0.25, -0.2) is 0 Å². The predicted molar refractivity (Wildman–Crippen MR) is 112 cm³/mol. The zero-order valence-electron chi connectivity index (χ0n) is 16.4. The fraction of sp³-hybridized carbons (Fsp3) is 0.182. The van der Waals surface area contributed by atoms with Crippen molar-refractivity contribution in [1.29, 1.82) is 0 Å². The van der Waals surface area contributed by atoms with Crippen molar-refractivity contribution in [2.45, 2.75) is 13.5 Å². The zero-order chi connectivity index (χ0) is 20.8. The first kappa shape index (κ1) is 20.5. The minimum atomic E-state index is -0.183. The number of pyridine rings is 1. The molecule has 0 unspecified atom stereocenters. The van der Waals surface area contributed by atoms with Crippen molar-refractivity contribution in [2.75, 3.05) is 19.1 Å². The molecule has 0 saturated heterocycles. The number of hydrogen-bond donors (Lipinski definition) is 0. The number of aromatic nitrogens is 1. The van der Waals surface area contributed by atoms with Crippen LogP contribution < -0.4 is 19.1 Å². The van der Waals surface area contributed by atoms with Crippen molar-refractivity contribution < 1.29 is 19.0 Å². The van der Waals surface area contributed by atoms with Crippen molar-refractivity contribution >= 4 is 23.2 Å². The first-order valence-corrected chi connectivity index (χ1v) is 9.28. The Hall–Kier alpha value is -3.25. The van der Waals surface area contributed by atoms with E-state index in [1.165, 1.54) is 6.92 Å². The fourth-order valence-electron chi connectivity index (χ4n) is 2.83. The van der Waals surface area contributed by atoms with Crippen LogP contribution >= 0.6 is 11.6 Å². The molecule has 0 atom stereocenters. The summed E-state index contributed by atoms with van der Waals surface area (Å²) in [5, 5.41) is 0.266. The molecule has 7 heteroatoms. The van der Waals surface area contributed by atoms with Crippen LogP contribution in [0.5, 0.6) is 23.1 Å². The van der Waals surface area contributed by atoms with E-state index in [2.05, 4.69) is 4.98 Å². The van der Waals surface area contributed by atoms with Gasteiger partial charge in [0, 0.05) is 12.5 Å². The minimum absolute atomic E-state index is 0.183. The van der Waals surface area contributed by atoms with E-state index in [0.29, 0.717) is 22.9 Å². The number of anilines is 1. The summed E-state index contributed by atoms with van der Waals surface area (Å²) in [6.45, 7) is 1.72. The van der Waals surface area contributed by atoms with Crippen molar-refractivity contribution in [2.24, 2.45) is 0 Å². The van der Waals surface area contributed by atoms with Crippen LogP contribution in [-0.2, 0) is 11.3 Å². The maximum Gasteiger partial charge on any atom is 0.244 e. The topological polar surface area (TPSA) is 60.9 Å². The second kappa shape index (κ2) is 9.30. The Morgan fingerprint density at radius 2 is 1.76 bits per heavy atom. The molecule has 1 aromatic heterocycles. The summed E-state index contributed by atoms with van der Waals surface area (Å²) < 4.78 is 16.7. The Balaban J connectivity index is 2.01. The van der Waals surface area contributed by atoms with Gasteiger partial charge in [-0.05, 0) is 42.5 Å². The van der Waals surface area contributed by atoms with Gasteiger partial charge in [-0.1, -0.05) is 29.8 Å². The van der Waals surface area contributed by atoms with Crippen LogP contribution in [0.3, 0.4) is 0 Å². The molecular weight excluding hydrogens is 392 g/mol. The van der Waals surface area contributed by atoms with Gasteiger partial charge in [0.05, 0.1) is 20.8 Å². The maximum absolute atomic E-state index is 12.5. The number of amides is 1. The number of para-hydroxylation sites is 1. The standard InChI is InChI=1S/C22H21ClN2O4/c1-15(26)25(14-16-13-18(27-2)9-11-20(16)28-3)19-10-12-21(23)24-22(19)29-17-7-5-4-6-8-17/h4-13H,14H2,1-3H3. The molecule has 0 radical (unpaired) electrons. The van der Waals surface area contributed by atoms with Crippen molar-refractivity contribution in [1.82, 2.24) is 4.98 Å². The second-order valence-electron chi connectivity index (χ2n) is 6.16. The Labute approximate surface area is 174 Å². The van der Waals surface area contributed by atoms with Crippen LogP contribution in [-0.4, -0.2) is 25.1 Å². The van der Waals surface area contributed by atoms with Gasteiger partial charge in [-0.15, -0.1) is 0 Å². The van der Waals surface area contributed by atoms with Crippen LogP contribution in [0.15, 0.2) is 60.7 Å². The number of methoxy groups -OCH3 is 2. The maximum atomic E-state index is 12.5. The smallest absolute Gasteiger partial charge is 0.244 e. The molecule has 3 aromatic rings. The molecule has 6 nitrogen and oxygen atoms in total. The molecule has 2 aromatic carbocycles. The summed E-state index contributed by atoms with van der Waals surface area (Å²) in [7, 11) is 3.17. The van der Waals surface area contributed by atoms with E-state index < -0.39 is 0 Å². The quantitative estimate of drug-likeness (QED) is 0.505. The Bertz CT molecular complexity index is 995. The van der Waals surface area contributed by atoms with E-state index in [1.807, 2.05) is 24.3 Å². The van der Waals surface area contributed by atoms with Gasteiger partial charge in [-0.2, -0.15) is 4.98 Å². The number of ether oxygens (including phenoxy) is 3. The summed E-state index contributed by atoms with van der Waals surface area (Å²) in [5.74, 6) is 1.95. The lowest BCUT2D eigenvalue weighted by molar-refractivity contribution is -0.116. The molecule has 0 N–H and O–H groups in total. The number of nitrogens with zero attached hydrogens (tertiary/aromatic N) is 2. The second-order valence-corrected chi connectivity index (χ2v) is 6.54. The first-order valence-electron chi connectivity index (χ1n) is 8.90. The van der Waals surface area contributed by atoms with Crippen LogP contribution in [0.4, 0.5) is 5.69 Å². The molecule has 1 amide bonds. The van der Waals surface area contributed by atoms with Gasteiger partial charge < -0.3 is 19.1 Å².